The number of hydrogen-bond donors (Lipinski definition) is 0. The summed E-state index contributed by atoms with van der Waals surface area (Å²) in [6.45, 7) is 8.82. The highest BCUT2D eigenvalue weighted by atomic mass is 16.8. The maximum atomic E-state index is 11.4. The van der Waals surface area contributed by atoms with Crippen LogP contribution in [0.5, 0.6) is 0 Å². The molecule has 0 aliphatic carbocycles. The third-order valence-corrected chi connectivity index (χ3v) is 3.36. The van der Waals surface area contributed by atoms with Gasteiger partial charge in [-0.15, -0.1) is 0 Å². The molecule has 3 rings (SSSR count). The lowest BCUT2D eigenvalue weighted by molar-refractivity contribution is -0.190. The summed E-state index contributed by atoms with van der Waals surface area (Å²) in [5.74, 6) is -1.23. The fourth-order valence-electron chi connectivity index (χ4n) is 2.63. The van der Waals surface area contributed by atoms with E-state index in [4.69, 9.17) is 28.4 Å². The van der Waals surface area contributed by atoms with Gasteiger partial charge in [0.05, 0.1) is 6.61 Å². The molecule has 0 bridgehead atoms. The van der Waals surface area contributed by atoms with Gasteiger partial charge in [-0.25, -0.2) is 0 Å². The first kappa shape index (κ1) is 14.8. The van der Waals surface area contributed by atoms with E-state index in [9.17, 15) is 4.79 Å². The van der Waals surface area contributed by atoms with Crippen LogP contribution in [0.2, 0.25) is 0 Å². The molecule has 2 saturated heterocycles. The second-order valence-electron chi connectivity index (χ2n) is 6.18. The van der Waals surface area contributed by atoms with E-state index in [0.717, 1.165) is 0 Å². The van der Waals surface area contributed by atoms with Crippen LogP contribution in [0.3, 0.4) is 0 Å². The highest BCUT2D eigenvalue weighted by molar-refractivity contribution is 5.67. The Morgan fingerprint density at radius 2 is 1.86 bits per heavy atom. The number of esters is 1. The van der Waals surface area contributed by atoms with Crippen LogP contribution in [-0.4, -0.2) is 42.6 Å². The van der Waals surface area contributed by atoms with Crippen molar-refractivity contribution >= 4 is 5.97 Å². The van der Waals surface area contributed by atoms with Gasteiger partial charge < -0.3 is 28.4 Å². The Balaban J connectivity index is 1.87. The van der Waals surface area contributed by atoms with Gasteiger partial charge in [-0.1, -0.05) is 0 Å². The summed E-state index contributed by atoms with van der Waals surface area (Å²) in [4.78, 5) is 11.4. The van der Waals surface area contributed by atoms with Crippen LogP contribution in [-0.2, 0) is 33.2 Å². The van der Waals surface area contributed by atoms with Crippen LogP contribution in [0.1, 0.15) is 34.6 Å². The van der Waals surface area contributed by atoms with E-state index in [1.54, 1.807) is 13.8 Å². The van der Waals surface area contributed by atoms with E-state index in [2.05, 4.69) is 0 Å². The van der Waals surface area contributed by atoms with Gasteiger partial charge in [0.2, 0.25) is 6.29 Å². The second-order valence-corrected chi connectivity index (χ2v) is 6.18. The number of ether oxygens (including phenoxy) is 6. The Hall–Kier alpha value is -1.15. The van der Waals surface area contributed by atoms with Crippen LogP contribution in [0.15, 0.2) is 11.5 Å². The number of carbonyl (C=O) groups excluding carboxylic acids is 1. The van der Waals surface area contributed by atoms with Gasteiger partial charge in [0.25, 0.3) is 0 Å². The van der Waals surface area contributed by atoms with Crippen LogP contribution < -0.4 is 0 Å². The molecular weight excluding hydrogens is 280 g/mol. The average Bonchev–Trinajstić information content (AvgIpc) is 2.90. The quantitative estimate of drug-likeness (QED) is 0.714. The normalized spacial score (nSPS) is 36.5. The number of rotatable bonds is 2. The second kappa shape index (κ2) is 4.67. The molecule has 0 radical (unpaired) electrons. The lowest BCUT2D eigenvalue weighted by Crippen LogP contribution is -2.26. The van der Waals surface area contributed by atoms with Gasteiger partial charge in [-0.05, 0) is 27.7 Å². The molecule has 0 aromatic rings. The molecule has 0 aromatic heterocycles. The first-order valence-electron chi connectivity index (χ1n) is 6.93. The van der Waals surface area contributed by atoms with Crippen molar-refractivity contribution in [2.24, 2.45) is 0 Å². The van der Waals surface area contributed by atoms with Crippen molar-refractivity contribution in [3.8, 4) is 0 Å². The van der Waals surface area contributed by atoms with Gasteiger partial charge in [-0.2, -0.15) is 0 Å². The predicted molar refractivity (Wildman–Crippen MR) is 68.6 cm³/mol. The molecule has 0 N–H and O–H groups in total. The van der Waals surface area contributed by atoms with Crippen molar-refractivity contribution in [1.82, 2.24) is 0 Å². The first-order valence-corrected chi connectivity index (χ1v) is 6.93. The van der Waals surface area contributed by atoms with Crippen molar-refractivity contribution in [2.45, 2.75) is 64.7 Å². The van der Waals surface area contributed by atoms with E-state index >= 15 is 0 Å². The smallest absolute Gasteiger partial charge is 0.307 e. The minimum Gasteiger partial charge on any atom is -0.459 e. The van der Waals surface area contributed by atoms with E-state index in [0.29, 0.717) is 18.1 Å². The molecule has 0 unspecified atom stereocenters. The molecule has 0 spiro atoms. The van der Waals surface area contributed by atoms with Crippen LogP contribution in [0, 0.1) is 0 Å². The summed E-state index contributed by atoms with van der Waals surface area (Å²) < 4.78 is 33.7. The minimum atomic E-state index is -0.793. The average molecular weight is 300 g/mol. The molecule has 7 nitrogen and oxygen atoms in total. The fourth-order valence-corrected chi connectivity index (χ4v) is 2.63. The molecule has 0 aromatic carbocycles. The zero-order chi connectivity index (χ0) is 15.4. The topological polar surface area (TPSA) is 72.5 Å². The van der Waals surface area contributed by atoms with Crippen LogP contribution in [0.25, 0.3) is 0 Å². The van der Waals surface area contributed by atoms with E-state index in [1.165, 1.54) is 6.92 Å². The zero-order valence-corrected chi connectivity index (χ0v) is 12.8. The van der Waals surface area contributed by atoms with Gasteiger partial charge in [0, 0.05) is 6.92 Å². The first-order chi connectivity index (χ1) is 9.67. The van der Waals surface area contributed by atoms with Crippen molar-refractivity contribution in [2.75, 3.05) is 6.61 Å². The zero-order valence-electron chi connectivity index (χ0n) is 12.8. The highest BCUT2D eigenvalue weighted by Gasteiger charge is 2.54. The Bertz CT molecular complexity index is 494. The summed E-state index contributed by atoms with van der Waals surface area (Å²) in [6.07, 6.45) is -1.67. The summed E-state index contributed by atoms with van der Waals surface area (Å²) in [6, 6.07) is 0. The van der Waals surface area contributed by atoms with Crippen molar-refractivity contribution in [3.63, 3.8) is 0 Å². The molecule has 0 amide bonds. The Kier molecular flexibility index (Phi) is 3.29. The van der Waals surface area contributed by atoms with Gasteiger partial charge in [-0.3, -0.25) is 4.79 Å². The maximum Gasteiger partial charge on any atom is 0.307 e. The third kappa shape index (κ3) is 2.78. The minimum absolute atomic E-state index is 0.310. The predicted octanol–water partition coefficient (Wildman–Crippen LogP) is 1.42. The van der Waals surface area contributed by atoms with Gasteiger partial charge in [0.1, 0.15) is 6.10 Å². The van der Waals surface area contributed by atoms with Crippen molar-refractivity contribution in [1.29, 1.82) is 0 Å². The van der Waals surface area contributed by atoms with Crippen LogP contribution >= 0.6 is 0 Å². The van der Waals surface area contributed by atoms with Crippen molar-refractivity contribution < 1.29 is 33.2 Å². The third-order valence-electron chi connectivity index (χ3n) is 3.36. The summed E-state index contributed by atoms with van der Waals surface area (Å²) in [5.41, 5.74) is 0. The molecule has 0 saturated carbocycles. The maximum absolute atomic E-state index is 11.4. The summed E-state index contributed by atoms with van der Waals surface area (Å²) in [7, 11) is 0. The largest absolute Gasteiger partial charge is 0.459 e. The molecule has 7 heteroatoms. The molecule has 3 atom stereocenters. The number of carbonyl (C=O) groups is 1. The number of fused-ring (bicyclic) bond motifs is 1. The summed E-state index contributed by atoms with van der Waals surface area (Å²) in [5, 5.41) is 0. The van der Waals surface area contributed by atoms with Crippen molar-refractivity contribution in [3.05, 3.63) is 11.5 Å². The lowest BCUT2D eigenvalue weighted by Gasteiger charge is -2.21. The standard InChI is InChI=1S/C14H20O7/c1-7(15)17-10-9(8-6-16-13(2,3)19-8)18-12-11(10)20-14(4,5)21-12/h8,11-12H,6H2,1-5H3/t8-,11-,12-/m1/s1. The van der Waals surface area contributed by atoms with E-state index in [-0.39, 0.29) is 0 Å². The molecule has 3 aliphatic heterocycles. The molecule has 3 aliphatic rings. The van der Waals surface area contributed by atoms with Gasteiger partial charge >= 0.3 is 5.97 Å². The fraction of sp³-hybridized carbons (Fsp3) is 0.786. The molecule has 2 fully saturated rings. The van der Waals surface area contributed by atoms with Crippen LogP contribution in [0.4, 0.5) is 0 Å². The monoisotopic (exact) mass is 300 g/mol. The molecular formula is C14H20O7. The number of hydrogen-bond acceptors (Lipinski definition) is 7. The van der Waals surface area contributed by atoms with Gasteiger partial charge in [0.15, 0.2) is 29.2 Å². The molecule has 118 valence electrons. The van der Waals surface area contributed by atoms with E-state index in [1.807, 2.05) is 13.8 Å². The Morgan fingerprint density at radius 1 is 1.14 bits per heavy atom. The van der Waals surface area contributed by atoms with E-state index < -0.39 is 36.0 Å². The highest BCUT2D eigenvalue weighted by Crippen LogP contribution is 2.43. The molecule has 21 heavy (non-hydrogen) atoms. The SMILES string of the molecule is CC(=O)OC1=C([C@H]2COC(C)(C)O2)O[C@@H]2OC(C)(C)O[C@H]12. The summed E-state index contributed by atoms with van der Waals surface area (Å²) >= 11 is 0. The Morgan fingerprint density at radius 3 is 2.43 bits per heavy atom. The lowest BCUT2D eigenvalue weighted by atomic mass is 10.2. The molecule has 3 heterocycles. The Labute approximate surface area is 123 Å².